The lowest BCUT2D eigenvalue weighted by atomic mass is 10.0. The number of carbonyl (C=O) groups is 1. The average Bonchev–Trinajstić information content (AvgIpc) is 2.59. The third-order valence-electron chi connectivity index (χ3n) is 3.33. The predicted molar refractivity (Wildman–Crippen MR) is 88.0 cm³/mol. The van der Waals surface area contributed by atoms with Crippen LogP contribution < -0.4 is 14.2 Å². The summed E-state index contributed by atoms with van der Waals surface area (Å²) in [5.41, 5.74) is 1.42. The zero-order valence-corrected chi connectivity index (χ0v) is 13.2. The van der Waals surface area contributed by atoms with Crippen molar-refractivity contribution in [3.8, 4) is 17.2 Å². The van der Waals surface area contributed by atoms with Gasteiger partial charge in [-0.25, -0.2) is 4.79 Å². The quantitative estimate of drug-likeness (QED) is 0.654. The van der Waals surface area contributed by atoms with Crippen LogP contribution in [0.25, 0.3) is 11.6 Å². The number of aliphatic carboxylic acids is 1. The van der Waals surface area contributed by atoms with Crippen molar-refractivity contribution in [2.24, 2.45) is 0 Å². The van der Waals surface area contributed by atoms with Crippen LogP contribution >= 0.6 is 0 Å². The number of rotatable bonds is 6. The van der Waals surface area contributed by atoms with E-state index in [-0.39, 0.29) is 5.57 Å². The van der Waals surface area contributed by atoms with Crippen LogP contribution in [0.3, 0.4) is 0 Å². The highest BCUT2D eigenvalue weighted by molar-refractivity contribution is 6.20. The van der Waals surface area contributed by atoms with Gasteiger partial charge in [-0.05, 0) is 41.5 Å². The maximum atomic E-state index is 11.6. The molecule has 5 heteroatoms. The highest BCUT2D eigenvalue weighted by atomic mass is 16.5. The molecule has 0 spiro atoms. The molecule has 0 radical (unpaired) electrons. The van der Waals surface area contributed by atoms with Gasteiger partial charge >= 0.3 is 5.97 Å². The van der Waals surface area contributed by atoms with Crippen LogP contribution in [0.2, 0.25) is 0 Å². The fraction of sp³-hybridized carbons (Fsp3) is 0.167. The van der Waals surface area contributed by atoms with Gasteiger partial charge < -0.3 is 19.3 Å². The summed E-state index contributed by atoms with van der Waals surface area (Å²) >= 11 is 0. The minimum absolute atomic E-state index is 0.163. The van der Waals surface area contributed by atoms with Crippen LogP contribution in [0.1, 0.15) is 11.1 Å². The van der Waals surface area contributed by atoms with Gasteiger partial charge in [0.25, 0.3) is 0 Å². The van der Waals surface area contributed by atoms with E-state index in [2.05, 4.69) is 0 Å². The Morgan fingerprint density at radius 1 is 0.957 bits per heavy atom. The monoisotopic (exact) mass is 314 g/mol. The number of benzene rings is 2. The van der Waals surface area contributed by atoms with Crippen molar-refractivity contribution in [2.45, 2.75) is 0 Å². The molecule has 0 saturated heterocycles. The molecule has 120 valence electrons. The Morgan fingerprint density at radius 3 is 2.30 bits per heavy atom. The topological polar surface area (TPSA) is 65.0 Å². The molecular formula is C18H18O5. The standard InChI is InChI=1S/C18H18O5/c1-21-14-6-4-5-13(11-14)15(18(19)20)9-12-7-8-16(22-2)17(10-12)23-3/h4-11H,1-3H3,(H,19,20). The molecular weight excluding hydrogens is 296 g/mol. The van der Waals surface area contributed by atoms with E-state index < -0.39 is 5.97 Å². The Kier molecular flexibility index (Phi) is 5.25. The Labute approximate surface area is 134 Å². The SMILES string of the molecule is COc1cccc(C(=Cc2ccc(OC)c(OC)c2)C(=O)O)c1. The maximum Gasteiger partial charge on any atom is 0.336 e. The van der Waals surface area contributed by atoms with Crippen LogP contribution in [-0.2, 0) is 4.79 Å². The molecule has 0 aliphatic rings. The molecule has 0 bridgehead atoms. The highest BCUT2D eigenvalue weighted by Crippen LogP contribution is 2.30. The van der Waals surface area contributed by atoms with Gasteiger partial charge in [0.1, 0.15) is 5.75 Å². The molecule has 2 rings (SSSR count). The van der Waals surface area contributed by atoms with Crippen LogP contribution in [-0.4, -0.2) is 32.4 Å². The molecule has 0 amide bonds. The zero-order valence-electron chi connectivity index (χ0n) is 13.2. The average molecular weight is 314 g/mol. The molecule has 0 unspecified atom stereocenters. The lowest BCUT2D eigenvalue weighted by Crippen LogP contribution is -2.00. The first-order valence-corrected chi connectivity index (χ1v) is 6.90. The third-order valence-corrected chi connectivity index (χ3v) is 3.33. The lowest BCUT2D eigenvalue weighted by molar-refractivity contribution is -0.130. The van der Waals surface area contributed by atoms with Crippen molar-refractivity contribution < 1.29 is 24.1 Å². The van der Waals surface area contributed by atoms with Crippen molar-refractivity contribution >= 4 is 17.6 Å². The van der Waals surface area contributed by atoms with Gasteiger partial charge in [0.2, 0.25) is 0 Å². The molecule has 0 aromatic heterocycles. The summed E-state index contributed by atoms with van der Waals surface area (Å²) in [6, 6.07) is 12.1. The number of hydrogen-bond acceptors (Lipinski definition) is 4. The minimum Gasteiger partial charge on any atom is -0.497 e. The first kappa shape index (κ1) is 16.4. The molecule has 0 atom stereocenters. The summed E-state index contributed by atoms with van der Waals surface area (Å²) in [6.45, 7) is 0. The summed E-state index contributed by atoms with van der Waals surface area (Å²) in [6.07, 6.45) is 1.58. The molecule has 2 aromatic rings. The van der Waals surface area contributed by atoms with Crippen molar-refractivity contribution in [3.63, 3.8) is 0 Å². The van der Waals surface area contributed by atoms with Crippen molar-refractivity contribution in [2.75, 3.05) is 21.3 Å². The van der Waals surface area contributed by atoms with Gasteiger partial charge in [0.15, 0.2) is 11.5 Å². The van der Waals surface area contributed by atoms with Crippen LogP contribution in [0, 0.1) is 0 Å². The highest BCUT2D eigenvalue weighted by Gasteiger charge is 2.12. The molecule has 0 heterocycles. The number of hydrogen-bond donors (Lipinski definition) is 1. The molecule has 23 heavy (non-hydrogen) atoms. The molecule has 0 aliphatic carbocycles. The molecule has 0 aliphatic heterocycles. The summed E-state index contributed by atoms with van der Waals surface area (Å²) in [5.74, 6) is 0.703. The summed E-state index contributed by atoms with van der Waals surface area (Å²) < 4.78 is 15.6. The summed E-state index contributed by atoms with van der Waals surface area (Å²) in [7, 11) is 4.62. The number of ether oxygens (including phenoxy) is 3. The van der Waals surface area contributed by atoms with Gasteiger partial charge in [-0.3, -0.25) is 0 Å². The predicted octanol–water partition coefficient (Wildman–Crippen LogP) is 3.34. The second-order valence-electron chi connectivity index (χ2n) is 4.71. The zero-order chi connectivity index (χ0) is 16.8. The number of carboxylic acid groups (broad SMARTS) is 1. The first-order valence-electron chi connectivity index (χ1n) is 6.90. The van der Waals surface area contributed by atoms with Gasteiger partial charge in [-0.15, -0.1) is 0 Å². The van der Waals surface area contributed by atoms with E-state index in [0.717, 1.165) is 0 Å². The summed E-state index contributed by atoms with van der Waals surface area (Å²) in [4.78, 5) is 11.6. The molecule has 2 aromatic carbocycles. The van der Waals surface area contributed by atoms with Crippen LogP contribution in [0.15, 0.2) is 42.5 Å². The van der Waals surface area contributed by atoms with Crippen molar-refractivity contribution in [1.29, 1.82) is 0 Å². The largest absolute Gasteiger partial charge is 0.497 e. The van der Waals surface area contributed by atoms with Gasteiger partial charge in [0, 0.05) is 0 Å². The smallest absolute Gasteiger partial charge is 0.336 e. The Hall–Kier alpha value is -2.95. The van der Waals surface area contributed by atoms with E-state index in [9.17, 15) is 9.90 Å². The number of carboxylic acids is 1. The van der Waals surface area contributed by atoms with E-state index in [1.807, 2.05) is 0 Å². The first-order chi connectivity index (χ1) is 11.1. The van der Waals surface area contributed by atoms with Gasteiger partial charge in [0.05, 0.1) is 26.9 Å². The lowest BCUT2D eigenvalue weighted by Gasteiger charge is -2.09. The Bertz CT molecular complexity index is 734. The van der Waals surface area contributed by atoms with Crippen molar-refractivity contribution in [3.05, 3.63) is 53.6 Å². The molecule has 5 nitrogen and oxygen atoms in total. The Balaban J connectivity index is 2.48. The van der Waals surface area contributed by atoms with E-state index in [4.69, 9.17) is 14.2 Å². The van der Waals surface area contributed by atoms with E-state index in [0.29, 0.717) is 28.4 Å². The van der Waals surface area contributed by atoms with E-state index in [1.165, 1.54) is 14.2 Å². The van der Waals surface area contributed by atoms with Crippen LogP contribution in [0.5, 0.6) is 17.2 Å². The molecule has 0 fully saturated rings. The second kappa shape index (κ2) is 7.35. The van der Waals surface area contributed by atoms with E-state index in [1.54, 1.807) is 55.7 Å². The maximum absolute atomic E-state index is 11.6. The minimum atomic E-state index is -1.02. The van der Waals surface area contributed by atoms with E-state index >= 15 is 0 Å². The van der Waals surface area contributed by atoms with Gasteiger partial charge in [-0.1, -0.05) is 18.2 Å². The molecule has 0 saturated carbocycles. The summed E-state index contributed by atoms with van der Waals surface area (Å²) in [5, 5.41) is 9.51. The van der Waals surface area contributed by atoms with Crippen molar-refractivity contribution in [1.82, 2.24) is 0 Å². The number of methoxy groups -OCH3 is 3. The second-order valence-corrected chi connectivity index (χ2v) is 4.71. The van der Waals surface area contributed by atoms with Gasteiger partial charge in [-0.2, -0.15) is 0 Å². The van der Waals surface area contributed by atoms with Crippen LogP contribution in [0.4, 0.5) is 0 Å². The third kappa shape index (κ3) is 3.83. The normalized spacial score (nSPS) is 11.0. The fourth-order valence-electron chi connectivity index (χ4n) is 2.17. The molecule has 1 N–H and O–H groups in total. The fourth-order valence-corrected chi connectivity index (χ4v) is 2.17. The Morgan fingerprint density at radius 2 is 1.70 bits per heavy atom.